The molecule has 0 bridgehead atoms. The third kappa shape index (κ3) is 4.55. The number of aryl methyl sites for hydroxylation is 1. The molecule has 2 amide bonds. The molecule has 1 unspecified atom stereocenters. The zero-order valence-corrected chi connectivity index (χ0v) is 18.6. The molecule has 170 valence electrons. The highest BCUT2D eigenvalue weighted by Crippen LogP contribution is 2.49. The lowest BCUT2D eigenvalue weighted by Gasteiger charge is -2.39. The molecule has 2 aromatic rings. The molecule has 1 aromatic carbocycles. The van der Waals surface area contributed by atoms with E-state index in [2.05, 4.69) is 20.4 Å². The molecule has 8 nitrogen and oxygen atoms in total. The quantitative estimate of drug-likeness (QED) is 0.747. The minimum atomic E-state index is -0.0654. The summed E-state index contributed by atoms with van der Waals surface area (Å²) in [5.41, 5.74) is 1.16. The van der Waals surface area contributed by atoms with Crippen molar-refractivity contribution in [1.82, 2.24) is 25.3 Å². The summed E-state index contributed by atoms with van der Waals surface area (Å²) in [4.78, 5) is 34.0. The molecule has 2 saturated heterocycles. The number of hydrogen-bond acceptors (Lipinski definition) is 6. The van der Waals surface area contributed by atoms with E-state index < -0.39 is 0 Å². The van der Waals surface area contributed by atoms with Crippen molar-refractivity contribution in [1.29, 1.82) is 0 Å². The number of benzene rings is 1. The highest BCUT2D eigenvalue weighted by atomic mass is 16.5. The average Bonchev–Trinajstić information content (AvgIpc) is 3.48. The second-order valence-corrected chi connectivity index (χ2v) is 9.67. The van der Waals surface area contributed by atoms with Gasteiger partial charge < -0.3 is 14.7 Å². The average molecular weight is 438 g/mol. The van der Waals surface area contributed by atoms with E-state index in [0.29, 0.717) is 30.7 Å². The van der Waals surface area contributed by atoms with Gasteiger partial charge in [0.05, 0.1) is 12.6 Å². The smallest absolute Gasteiger partial charge is 0.244 e. The number of piperidine rings is 1. The first kappa shape index (κ1) is 21.1. The molecule has 1 atom stereocenters. The summed E-state index contributed by atoms with van der Waals surface area (Å²) in [7, 11) is 0. The van der Waals surface area contributed by atoms with E-state index in [1.165, 1.54) is 0 Å². The van der Waals surface area contributed by atoms with Crippen LogP contribution in [0.5, 0.6) is 0 Å². The van der Waals surface area contributed by atoms with Gasteiger partial charge in [-0.3, -0.25) is 14.5 Å². The van der Waals surface area contributed by atoms with Gasteiger partial charge in [-0.05, 0) is 50.0 Å². The van der Waals surface area contributed by atoms with Crippen LogP contribution < -0.4 is 5.32 Å². The molecule has 0 radical (unpaired) electrons. The van der Waals surface area contributed by atoms with Crippen molar-refractivity contribution >= 4 is 11.8 Å². The first-order chi connectivity index (χ1) is 15.5. The monoisotopic (exact) mass is 437 g/mol. The van der Waals surface area contributed by atoms with E-state index in [1.54, 1.807) is 0 Å². The molecule has 32 heavy (non-hydrogen) atoms. The fraction of sp³-hybridized carbons (Fsp3) is 0.583. The lowest BCUT2D eigenvalue weighted by Crippen LogP contribution is -2.45. The Morgan fingerprint density at radius 3 is 2.59 bits per heavy atom. The summed E-state index contributed by atoms with van der Waals surface area (Å²) in [5, 5.41) is 7.02. The highest BCUT2D eigenvalue weighted by molar-refractivity contribution is 5.81. The molecule has 3 aliphatic rings. The highest BCUT2D eigenvalue weighted by Gasteiger charge is 2.49. The molecule has 1 saturated carbocycles. The Labute approximate surface area is 188 Å². The second-order valence-electron chi connectivity index (χ2n) is 9.67. The van der Waals surface area contributed by atoms with Gasteiger partial charge in [0.2, 0.25) is 17.7 Å². The predicted octanol–water partition coefficient (Wildman–Crippen LogP) is 2.46. The van der Waals surface area contributed by atoms with Gasteiger partial charge in [-0.2, -0.15) is 4.98 Å². The minimum absolute atomic E-state index is 0.00603. The number of hydrogen-bond donors (Lipinski definition) is 1. The third-order valence-electron chi connectivity index (χ3n) is 7.18. The van der Waals surface area contributed by atoms with Crippen LogP contribution in [0, 0.1) is 18.3 Å². The fourth-order valence-electron chi connectivity index (χ4n) is 5.19. The fourth-order valence-corrected chi connectivity index (χ4v) is 5.19. The lowest BCUT2D eigenvalue weighted by molar-refractivity contribution is -0.134. The Morgan fingerprint density at radius 1 is 1.19 bits per heavy atom. The van der Waals surface area contributed by atoms with Crippen LogP contribution in [0.1, 0.15) is 55.4 Å². The number of carbonyl (C=O) groups is 2. The van der Waals surface area contributed by atoms with Crippen LogP contribution >= 0.6 is 0 Å². The number of likely N-dealkylation sites (tertiary alicyclic amines) is 2. The van der Waals surface area contributed by atoms with E-state index in [0.717, 1.165) is 57.3 Å². The number of aromatic nitrogens is 2. The summed E-state index contributed by atoms with van der Waals surface area (Å²) < 4.78 is 5.52. The van der Waals surface area contributed by atoms with E-state index in [4.69, 9.17) is 4.52 Å². The molecule has 3 fully saturated rings. The molecule has 1 N–H and O–H groups in total. The second kappa shape index (κ2) is 8.65. The maximum atomic E-state index is 12.8. The van der Waals surface area contributed by atoms with Crippen LogP contribution in [0.25, 0.3) is 0 Å². The standard InChI is InChI=1S/C24H31N5O3/c1-17-26-22(32-27-17)20-13-24(9-11-28(12-10-24)23(31)19-7-8-19)16-29(20)15-21(30)25-14-18-5-3-2-4-6-18/h2-6,19-20H,7-16H2,1H3,(H,25,30). The SMILES string of the molecule is Cc1noc(C2CC3(CCN(C(=O)C4CC4)CC3)CN2CC(=O)NCc2ccccc2)n1. The van der Waals surface area contributed by atoms with Crippen LogP contribution in [0.15, 0.2) is 34.9 Å². The zero-order chi connectivity index (χ0) is 22.1. The van der Waals surface area contributed by atoms with Gasteiger partial charge in [-0.25, -0.2) is 0 Å². The topological polar surface area (TPSA) is 91.6 Å². The number of nitrogens with zero attached hydrogens (tertiary/aromatic N) is 4. The molecule has 1 aliphatic carbocycles. The van der Waals surface area contributed by atoms with Gasteiger partial charge in [-0.15, -0.1) is 0 Å². The Hall–Kier alpha value is -2.74. The summed E-state index contributed by atoms with van der Waals surface area (Å²) in [6.07, 6.45) is 4.89. The van der Waals surface area contributed by atoms with E-state index in [9.17, 15) is 9.59 Å². The third-order valence-corrected chi connectivity index (χ3v) is 7.18. The van der Waals surface area contributed by atoms with Crippen LogP contribution in [0.3, 0.4) is 0 Å². The van der Waals surface area contributed by atoms with E-state index in [1.807, 2.05) is 42.2 Å². The summed E-state index contributed by atoms with van der Waals surface area (Å²) in [5.74, 6) is 1.80. The number of rotatable bonds is 6. The van der Waals surface area contributed by atoms with Crippen molar-refractivity contribution in [2.24, 2.45) is 11.3 Å². The van der Waals surface area contributed by atoms with Crippen molar-refractivity contribution < 1.29 is 14.1 Å². The minimum Gasteiger partial charge on any atom is -0.351 e. The molecule has 3 heterocycles. The summed E-state index contributed by atoms with van der Waals surface area (Å²) in [6.45, 7) is 5.05. The molecule has 1 aromatic heterocycles. The molecular formula is C24H31N5O3. The maximum Gasteiger partial charge on any atom is 0.244 e. The van der Waals surface area contributed by atoms with Gasteiger partial charge in [0.1, 0.15) is 0 Å². The zero-order valence-electron chi connectivity index (χ0n) is 18.6. The maximum absolute atomic E-state index is 12.8. The normalized spacial score (nSPS) is 22.9. The lowest BCUT2D eigenvalue weighted by atomic mass is 9.76. The Balaban J connectivity index is 1.24. The molecular weight excluding hydrogens is 406 g/mol. The van der Waals surface area contributed by atoms with Gasteiger partial charge in [0.25, 0.3) is 0 Å². The Bertz CT molecular complexity index is 963. The molecule has 1 spiro atoms. The molecule has 5 rings (SSSR count). The number of amides is 2. The Kier molecular flexibility index (Phi) is 5.71. The van der Waals surface area contributed by atoms with Crippen LogP contribution in [0.4, 0.5) is 0 Å². The van der Waals surface area contributed by atoms with Crippen LogP contribution in [-0.2, 0) is 16.1 Å². The van der Waals surface area contributed by atoms with Gasteiger partial charge >= 0.3 is 0 Å². The predicted molar refractivity (Wildman–Crippen MR) is 117 cm³/mol. The Morgan fingerprint density at radius 2 is 1.94 bits per heavy atom. The summed E-state index contributed by atoms with van der Waals surface area (Å²) >= 11 is 0. The van der Waals surface area contributed by atoms with Gasteiger partial charge in [0.15, 0.2) is 5.82 Å². The number of nitrogens with one attached hydrogen (secondary N) is 1. The van der Waals surface area contributed by atoms with E-state index >= 15 is 0 Å². The van der Waals surface area contributed by atoms with Crippen molar-refractivity contribution in [3.63, 3.8) is 0 Å². The largest absolute Gasteiger partial charge is 0.351 e. The molecule has 2 aliphatic heterocycles. The first-order valence-electron chi connectivity index (χ1n) is 11.7. The van der Waals surface area contributed by atoms with Crippen molar-refractivity contribution in [3.8, 4) is 0 Å². The van der Waals surface area contributed by atoms with Gasteiger partial charge in [-0.1, -0.05) is 35.5 Å². The van der Waals surface area contributed by atoms with Crippen LogP contribution in [0.2, 0.25) is 0 Å². The molecule has 8 heteroatoms. The van der Waals surface area contributed by atoms with Crippen LogP contribution in [-0.4, -0.2) is 57.9 Å². The van der Waals surface area contributed by atoms with Gasteiger partial charge in [0, 0.05) is 32.1 Å². The van der Waals surface area contributed by atoms with E-state index in [-0.39, 0.29) is 23.3 Å². The number of carbonyl (C=O) groups excluding carboxylic acids is 2. The first-order valence-corrected chi connectivity index (χ1v) is 11.7. The summed E-state index contributed by atoms with van der Waals surface area (Å²) in [6, 6.07) is 9.86. The van der Waals surface area contributed by atoms with Crippen molar-refractivity contribution in [2.75, 3.05) is 26.2 Å². The van der Waals surface area contributed by atoms with Crippen molar-refractivity contribution in [2.45, 2.75) is 51.6 Å². The van der Waals surface area contributed by atoms with Crippen molar-refractivity contribution in [3.05, 3.63) is 47.6 Å².